The number of aromatic nitrogens is 1. The van der Waals surface area contributed by atoms with Crippen LogP contribution in [0.15, 0.2) is 60.1 Å². The van der Waals surface area contributed by atoms with E-state index in [1.807, 2.05) is 11.5 Å². The summed E-state index contributed by atoms with van der Waals surface area (Å²) in [5, 5.41) is 0.598. The van der Waals surface area contributed by atoms with Crippen LogP contribution in [0, 0.1) is 6.92 Å². The first-order valence-electron chi connectivity index (χ1n) is 7.14. The standard InChI is InChI=1S/C18H15ClN2OS/c1-3-10-21-15-9-4-12(2)11-16(15)23-18(21)20-17(22)13-5-7-14(19)8-6-13/h3-9,11H,1,10H2,2H3. The fourth-order valence-electron chi connectivity index (χ4n) is 2.32. The molecule has 0 aliphatic carbocycles. The highest BCUT2D eigenvalue weighted by Gasteiger charge is 2.08. The zero-order chi connectivity index (χ0) is 16.4. The minimum Gasteiger partial charge on any atom is -0.312 e. The SMILES string of the molecule is C=CCn1c(=NC(=O)c2ccc(Cl)cc2)sc2cc(C)ccc21. The summed E-state index contributed by atoms with van der Waals surface area (Å²) in [6.07, 6.45) is 1.80. The third kappa shape index (κ3) is 3.28. The minimum atomic E-state index is -0.275. The van der Waals surface area contributed by atoms with Crippen LogP contribution in [0.1, 0.15) is 15.9 Å². The Morgan fingerprint density at radius 3 is 2.74 bits per heavy atom. The van der Waals surface area contributed by atoms with Gasteiger partial charge in [-0.3, -0.25) is 4.79 Å². The molecule has 1 aromatic heterocycles. The van der Waals surface area contributed by atoms with E-state index in [1.165, 1.54) is 16.9 Å². The van der Waals surface area contributed by atoms with E-state index >= 15 is 0 Å². The molecular formula is C18H15ClN2OS. The van der Waals surface area contributed by atoms with Gasteiger partial charge in [-0.15, -0.1) is 6.58 Å². The number of thiazole rings is 1. The third-order valence-corrected chi connectivity index (χ3v) is 4.73. The molecule has 0 spiro atoms. The number of hydrogen-bond donors (Lipinski definition) is 0. The van der Waals surface area contributed by atoms with Gasteiger partial charge in [-0.1, -0.05) is 35.1 Å². The first-order valence-corrected chi connectivity index (χ1v) is 8.33. The quantitative estimate of drug-likeness (QED) is 0.641. The van der Waals surface area contributed by atoms with Crippen LogP contribution in [0.3, 0.4) is 0 Å². The molecule has 0 radical (unpaired) electrons. The summed E-state index contributed by atoms with van der Waals surface area (Å²) < 4.78 is 3.11. The highest BCUT2D eigenvalue weighted by Crippen LogP contribution is 2.19. The lowest BCUT2D eigenvalue weighted by Crippen LogP contribution is -2.16. The summed E-state index contributed by atoms with van der Waals surface area (Å²) in [5.74, 6) is -0.275. The van der Waals surface area contributed by atoms with Gasteiger partial charge in [0.05, 0.1) is 10.2 Å². The molecule has 23 heavy (non-hydrogen) atoms. The van der Waals surface area contributed by atoms with Crippen LogP contribution in [-0.4, -0.2) is 10.5 Å². The Morgan fingerprint density at radius 1 is 1.30 bits per heavy atom. The molecule has 116 valence electrons. The second-order valence-corrected chi connectivity index (χ2v) is 6.62. The van der Waals surface area contributed by atoms with Crippen LogP contribution in [0.25, 0.3) is 10.2 Å². The molecule has 3 nitrogen and oxygen atoms in total. The van der Waals surface area contributed by atoms with Gasteiger partial charge in [0, 0.05) is 17.1 Å². The molecular weight excluding hydrogens is 328 g/mol. The van der Waals surface area contributed by atoms with Crippen molar-refractivity contribution in [3.05, 3.63) is 76.1 Å². The van der Waals surface area contributed by atoms with Gasteiger partial charge in [0.25, 0.3) is 5.91 Å². The number of hydrogen-bond acceptors (Lipinski definition) is 2. The fourth-order valence-corrected chi connectivity index (χ4v) is 3.58. The van der Waals surface area contributed by atoms with Crippen molar-refractivity contribution in [1.29, 1.82) is 0 Å². The van der Waals surface area contributed by atoms with Gasteiger partial charge in [-0.05, 0) is 48.9 Å². The highest BCUT2D eigenvalue weighted by molar-refractivity contribution is 7.16. The second-order valence-electron chi connectivity index (χ2n) is 5.18. The van der Waals surface area contributed by atoms with E-state index in [9.17, 15) is 4.79 Å². The van der Waals surface area contributed by atoms with E-state index < -0.39 is 0 Å². The number of carbonyl (C=O) groups excluding carboxylic acids is 1. The third-order valence-electron chi connectivity index (χ3n) is 3.44. The Balaban J connectivity index is 2.13. The number of rotatable bonds is 3. The average molecular weight is 343 g/mol. The summed E-state index contributed by atoms with van der Waals surface area (Å²) in [5.41, 5.74) is 2.76. The van der Waals surface area contributed by atoms with Crippen LogP contribution in [-0.2, 0) is 6.54 Å². The van der Waals surface area contributed by atoms with E-state index in [0.717, 1.165) is 10.2 Å². The van der Waals surface area contributed by atoms with E-state index in [-0.39, 0.29) is 5.91 Å². The van der Waals surface area contributed by atoms with Crippen LogP contribution < -0.4 is 4.80 Å². The predicted octanol–water partition coefficient (Wildman–Crippen LogP) is 4.59. The maximum absolute atomic E-state index is 12.4. The monoisotopic (exact) mass is 342 g/mol. The number of nitrogens with zero attached hydrogens (tertiary/aromatic N) is 2. The molecule has 0 bridgehead atoms. The zero-order valence-electron chi connectivity index (χ0n) is 12.6. The minimum absolute atomic E-state index is 0.275. The van der Waals surface area contributed by atoms with E-state index in [0.29, 0.717) is 21.9 Å². The van der Waals surface area contributed by atoms with Crippen molar-refractivity contribution in [3.63, 3.8) is 0 Å². The second kappa shape index (κ2) is 6.52. The largest absolute Gasteiger partial charge is 0.312 e. The Morgan fingerprint density at radius 2 is 2.04 bits per heavy atom. The van der Waals surface area contributed by atoms with Gasteiger partial charge in [-0.2, -0.15) is 4.99 Å². The maximum atomic E-state index is 12.4. The maximum Gasteiger partial charge on any atom is 0.279 e. The van der Waals surface area contributed by atoms with Gasteiger partial charge >= 0.3 is 0 Å². The smallest absolute Gasteiger partial charge is 0.279 e. The molecule has 0 saturated carbocycles. The van der Waals surface area contributed by atoms with E-state index in [1.54, 1.807) is 30.3 Å². The number of fused-ring (bicyclic) bond motifs is 1. The summed E-state index contributed by atoms with van der Waals surface area (Å²) in [7, 11) is 0. The molecule has 3 rings (SSSR count). The Labute approximate surface area is 143 Å². The molecule has 0 unspecified atom stereocenters. The molecule has 0 saturated heterocycles. The normalized spacial score (nSPS) is 11.8. The molecule has 5 heteroatoms. The fraction of sp³-hybridized carbons (Fsp3) is 0.111. The topological polar surface area (TPSA) is 34.4 Å². The van der Waals surface area contributed by atoms with E-state index in [4.69, 9.17) is 11.6 Å². The Hall–Kier alpha value is -2.17. The number of halogens is 1. The van der Waals surface area contributed by atoms with Gasteiger partial charge in [0.1, 0.15) is 0 Å². The van der Waals surface area contributed by atoms with Crippen molar-refractivity contribution in [3.8, 4) is 0 Å². The number of amides is 1. The van der Waals surface area contributed by atoms with Crippen LogP contribution >= 0.6 is 22.9 Å². The van der Waals surface area contributed by atoms with Crippen molar-refractivity contribution in [1.82, 2.24) is 4.57 Å². The van der Waals surface area contributed by atoms with Crippen molar-refractivity contribution < 1.29 is 4.79 Å². The highest BCUT2D eigenvalue weighted by atomic mass is 35.5. The molecule has 0 atom stereocenters. The molecule has 3 aromatic rings. The lowest BCUT2D eigenvalue weighted by molar-refractivity contribution is 0.0998. The predicted molar refractivity (Wildman–Crippen MR) is 96.1 cm³/mol. The first kappa shape index (κ1) is 15.7. The van der Waals surface area contributed by atoms with Crippen LogP contribution in [0.5, 0.6) is 0 Å². The molecule has 0 N–H and O–H groups in total. The summed E-state index contributed by atoms with van der Waals surface area (Å²) >= 11 is 7.36. The van der Waals surface area contributed by atoms with Crippen molar-refractivity contribution >= 4 is 39.1 Å². The average Bonchev–Trinajstić information content (AvgIpc) is 2.85. The van der Waals surface area contributed by atoms with Gasteiger partial charge in [0.2, 0.25) is 0 Å². The molecule has 1 heterocycles. The molecule has 2 aromatic carbocycles. The van der Waals surface area contributed by atoms with Crippen molar-refractivity contribution in [2.45, 2.75) is 13.5 Å². The molecule has 0 aliphatic heterocycles. The molecule has 0 fully saturated rings. The van der Waals surface area contributed by atoms with Crippen molar-refractivity contribution in [2.75, 3.05) is 0 Å². The number of benzene rings is 2. The molecule has 1 amide bonds. The van der Waals surface area contributed by atoms with Gasteiger partial charge in [0.15, 0.2) is 4.80 Å². The van der Waals surface area contributed by atoms with Gasteiger partial charge in [-0.25, -0.2) is 0 Å². The number of carbonyl (C=O) groups is 1. The molecule has 0 aliphatic rings. The Bertz CT molecular complexity index is 951. The summed E-state index contributed by atoms with van der Waals surface area (Å²) in [6, 6.07) is 13.0. The summed E-state index contributed by atoms with van der Waals surface area (Å²) in [6.45, 7) is 6.45. The lowest BCUT2D eigenvalue weighted by Gasteiger charge is -2.01. The van der Waals surface area contributed by atoms with Gasteiger partial charge < -0.3 is 4.57 Å². The zero-order valence-corrected chi connectivity index (χ0v) is 14.2. The van der Waals surface area contributed by atoms with Crippen molar-refractivity contribution in [2.24, 2.45) is 4.99 Å². The number of allylic oxidation sites excluding steroid dienone is 1. The van der Waals surface area contributed by atoms with Crippen LogP contribution in [0.4, 0.5) is 0 Å². The number of aryl methyl sites for hydroxylation is 1. The Kier molecular flexibility index (Phi) is 4.46. The lowest BCUT2D eigenvalue weighted by atomic mass is 10.2. The van der Waals surface area contributed by atoms with E-state index in [2.05, 4.69) is 29.8 Å². The first-order chi connectivity index (χ1) is 11.1. The summed E-state index contributed by atoms with van der Waals surface area (Å²) in [4.78, 5) is 17.4. The van der Waals surface area contributed by atoms with Crippen LogP contribution in [0.2, 0.25) is 5.02 Å².